The van der Waals surface area contributed by atoms with Gasteiger partial charge in [-0.2, -0.15) is 0 Å². The van der Waals surface area contributed by atoms with Gasteiger partial charge in [-0.05, 0) is 43.4 Å². The zero-order valence-corrected chi connectivity index (χ0v) is 21.0. The molecule has 0 atom stereocenters. The van der Waals surface area contributed by atoms with E-state index in [0.29, 0.717) is 0 Å². The van der Waals surface area contributed by atoms with Crippen molar-refractivity contribution in [3.05, 3.63) is 45.9 Å². The maximum absolute atomic E-state index is 4.49. The fraction of sp³-hybridized carbons (Fsp3) is 0.545. The minimum absolute atomic E-state index is 0. The molecular formula is C22H34IN5S. The van der Waals surface area contributed by atoms with Crippen LogP contribution >= 0.6 is 35.3 Å². The summed E-state index contributed by atoms with van der Waals surface area (Å²) in [6.45, 7) is 6.24. The topological polar surface area (TPSA) is 43.8 Å². The Labute approximate surface area is 196 Å². The van der Waals surface area contributed by atoms with Crippen molar-refractivity contribution in [1.82, 2.24) is 15.2 Å². The van der Waals surface area contributed by atoms with Gasteiger partial charge in [0, 0.05) is 63.5 Å². The Kier molecular flexibility index (Phi) is 10.2. The first-order valence-electron chi connectivity index (χ1n) is 10.4. The van der Waals surface area contributed by atoms with Crippen LogP contribution in [0.1, 0.15) is 41.6 Å². The van der Waals surface area contributed by atoms with Crippen molar-refractivity contribution in [3.63, 3.8) is 0 Å². The molecule has 0 unspecified atom stereocenters. The highest BCUT2D eigenvalue weighted by molar-refractivity contribution is 14.0. The Morgan fingerprint density at radius 2 is 1.93 bits per heavy atom. The van der Waals surface area contributed by atoms with E-state index >= 15 is 0 Å². The van der Waals surface area contributed by atoms with Crippen LogP contribution in [0.5, 0.6) is 0 Å². The van der Waals surface area contributed by atoms with Crippen molar-refractivity contribution < 1.29 is 0 Å². The van der Waals surface area contributed by atoms with Crippen molar-refractivity contribution in [2.45, 2.75) is 45.6 Å². The van der Waals surface area contributed by atoms with Gasteiger partial charge in [-0.15, -0.1) is 35.3 Å². The largest absolute Gasteiger partial charge is 0.372 e. The van der Waals surface area contributed by atoms with Gasteiger partial charge in [0.25, 0.3) is 0 Å². The molecule has 1 aliphatic heterocycles. The van der Waals surface area contributed by atoms with E-state index in [1.807, 2.05) is 24.6 Å². The predicted octanol–water partition coefficient (Wildman–Crippen LogP) is 4.56. The van der Waals surface area contributed by atoms with Gasteiger partial charge in [-0.1, -0.05) is 19.1 Å². The molecule has 1 aromatic carbocycles. The molecule has 0 radical (unpaired) electrons. The zero-order chi connectivity index (χ0) is 19.8. The summed E-state index contributed by atoms with van der Waals surface area (Å²) in [5.74, 6) is 0.923. The van der Waals surface area contributed by atoms with Crippen molar-refractivity contribution in [2.75, 3.05) is 38.6 Å². The first kappa shape index (κ1) is 23.9. The molecular weight excluding hydrogens is 493 g/mol. The van der Waals surface area contributed by atoms with Crippen molar-refractivity contribution in [1.29, 1.82) is 0 Å². The molecule has 160 valence electrons. The van der Waals surface area contributed by atoms with E-state index in [4.69, 9.17) is 0 Å². The monoisotopic (exact) mass is 527 g/mol. The van der Waals surface area contributed by atoms with Gasteiger partial charge in [0.05, 0.1) is 5.01 Å². The maximum Gasteiger partial charge on any atom is 0.193 e. The molecule has 1 fully saturated rings. The summed E-state index contributed by atoms with van der Waals surface area (Å²) in [5, 5.41) is 4.65. The van der Waals surface area contributed by atoms with E-state index < -0.39 is 0 Å². The first-order chi connectivity index (χ1) is 13.7. The van der Waals surface area contributed by atoms with Gasteiger partial charge >= 0.3 is 0 Å². The number of aliphatic imine (C=N–C) groups is 1. The van der Waals surface area contributed by atoms with Gasteiger partial charge in [0.1, 0.15) is 0 Å². The lowest BCUT2D eigenvalue weighted by Crippen LogP contribution is -2.39. The minimum atomic E-state index is 0. The number of nitrogens with one attached hydrogen (secondary N) is 1. The SMILES string of the molecule is CCc1cnc(CCNC(=NC)N(C)Cc2ccc(N3CCCCC3)cc2)s1.I. The number of nitrogens with zero attached hydrogens (tertiary/aromatic N) is 4. The van der Waals surface area contributed by atoms with Gasteiger partial charge in [0.2, 0.25) is 0 Å². The normalized spacial score (nSPS) is 14.4. The van der Waals surface area contributed by atoms with Crippen LogP contribution in [-0.4, -0.2) is 49.6 Å². The number of anilines is 1. The van der Waals surface area contributed by atoms with Gasteiger partial charge in [-0.3, -0.25) is 4.99 Å². The summed E-state index contributed by atoms with van der Waals surface area (Å²) in [7, 11) is 3.93. The summed E-state index contributed by atoms with van der Waals surface area (Å²) >= 11 is 1.81. The van der Waals surface area contributed by atoms with Gasteiger partial charge < -0.3 is 15.1 Å². The van der Waals surface area contributed by atoms with Crippen molar-refractivity contribution >= 4 is 47.0 Å². The van der Waals surface area contributed by atoms with Crippen LogP contribution in [-0.2, 0) is 19.4 Å². The Bertz CT molecular complexity index is 753. The third kappa shape index (κ3) is 7.13. The van der Waals surface area contributed by atoms with E-state index in [-0.39, 0.29) is 24.0 Å². The molecule has 0 saturated carbocycles. The molecule has 1 saturated heterocycles. The molecule has 5 nitrogen and oxygen atoms in total. The second kappa shape index (κ2) is 12.4. The molecule has 1 N–H and O–H groups in total. The molecule has 7 heteroatoms. The number of rotatable bonds is 7. The Morgan fingerprint density at radius 1 is 1.21 bits per heavy atom. The third-order valence-electron chi connectivity index (χ3n) is 5.22. The highest BCUT2D eigenvalue weighted by atomic mass is 127. The standard InChI is InChI=1S/C22H33N5S.HI/c1-4-20-16-25-21(28-20)12-13-24-22(23-2)26(3)17-18-8-10-19(11-9-18)27-14-6-5-7-15-27;/h8-11,16H,4-7,12-15,17H2,1-3H3,(H,23,24);1H. The van der Waals surface area contributed by atoms with Gasteiger partial charge in [-0.25, -0.2) is 4.98 Å². The van der Waals surface area contributed by atoms with Gasteiger partial charge in [0.15, 0.2) is 5.96 Å². The molecule has 2 heterocycles. The fourth-order valence-electron chi connectivity index (χ4n) is 3.61. The highest BCUT2D eigenvalue weighted by Crippen LogP contribution is 2.20. The fourth-order valence-corrected chi connectivity index (χ4v) is 4.47. The molecule has 3 rings (SSSR count). The first-order valence-corrected chi connectivity index (χ1v) is 11.2. The molecule has 29 heavy (non-hydrogen) atoms. The molecule has 1 aromatic heterocycles. The van der Waals surface area contributed by atoms with E-state index in [1.54, 1.807) is 0 Å². The lowest BCUT2D eigenvalue weighted by Gasteiger charge is -2.29. The predicted molar refractivity (Wildman–Crippen MR) is 136 cm³/mol. The van der Waals surface area contributed by atoms with Crippen LogP contribution in [0.3, 0.4) is 0 Å². The number of hydrogen-bond donors (Lipinski definition) is 1. The summed E-state index contributed by atoms with van der Waals surface area (Å²) in [6.07, 6.45) is 7.98. The number of benzene rings is 1. The molecule has 0 bridgehead atoms. The number of piperidine rings is 1. The van der Waals surface area contributed by atoms with E-state index in [1.165, 1.54) is 53.5 Å². The summed E-state index contributed by atoms with van der Waals surface area (Å²) < 4.78 is 0. The lowest BCUT2D eigenvalue weighted by molar-refractivity contribution is 0.477. The highest BCUT2D eigenvalue weighted by Gasteiger charge is 2.11. The third-order valence-corrected chi connectivity index (χ3v) is 6.42. The number of thiazole rings is 1. The van der Waals surface area contributed by atoms with E-state index in [9.17, 15) is 0 Å². The van der Waals surface area contributed by atoms with E-state index in [2.05, 4.69) is 63.3 Å². The molecule has 0 amide bonds. The zero-order valence-electron chi connectivity index (χ0n) is 17.9. The quantitative estimate of drug-likeness (QED) is 0.326. The Balaban J connectivity index is 0.00000300. The van der Waals surface area contributed by atoms with Crippen LogP contribution in [0.25, 0.3) is 0 Å². The molecule has 0 spiro atoms. The average molecular weight is 528 g/mol. The number of aromatic nitrogens is 1. The summed E-state index contributed by atoms with van der Waals surface area (Å²) in [5.41, 5.74) is 2.65. The average Bonchev–Trinajstić information content (AvgIpc) is 3.20. The second-order valence-corrected chi connectivity index (χ2v) is 8.57. The molecule has 2 aromatic rings. The smallest absolute Gasteiger partial charge is 0.193 e. The van der Waals surface area contributed by atoms with Crippen molar-refractivity contribution in [2.24, 2.45) is 4.99 Å². The van der Waals surface area contributed by atoms with Crippen LogP contribution in [0.2, 0.25) is 0 Å². The van der Waals surface area contributed by atoms with Crippen molar-refractivity contribution in [3.8, 4) is 0 Å². The summed E-state index contributed by atoms with van der Waals surface area (Å²) in [4.78, 5) is 15.0. The molecule has 0 aliphatic carbocycles. The van der Waals surface area contributed by atoms with E-state index in [0.717, 1.165) is 31.9 Å². The number of hydrogen-bond acceptors (Lipinski definition) is 4. The number of halogens is 1. The Hall–Kier alpha value is -1.35. The second-order valence-electron chi connectivity index (χ2n) is 7.37. The summed E-state index contributed by atoms with van der Waals surface area (Å²) in [6, 6.07) is 9.02. The minimum Gasteiger partial charge on any atom is -0.372 e. The Morgan fingerprint density at radius 3 is 2.55 bits per heavy atom. The lowest BCUT2D eigenvalue weighted by atomic mass is 10.1. The molecule has 1 aliphatic rings. The van der Waals surface area contributed by atoms with Crippen LogP contribution in [0, 0.1) is 0 Å². The number of guanidine groups is 1. The number of aryl methyl sites for hydroxylation is 1. The van der Waals surface area contributed by atoms with Crippen LogP contribution in [0.4, 0.5) is 5.69 Å². The van der Waals surface area contributed by atoms with Crippen LogP contribution < -0.4 is 10.2 Å². The maximum atomic E-state index is 4.49. The van der Waals surface area contributed by atoms with Crippen LogP contribution in [0.15, 0.2) is 35.5 Å².